The first kappa shape index (κ1) is 28.4. The lowest BCUT2D eigenvalue weighted by Crippen LogP contribution is -2.37. The fraction of sp³-hybridized carbons (Fsp3) is 0.222. The van der Waals surface area contributed by atoms with Crippen molar-refractivity contribution in [2.45, 2.75) is 13.8 Å². The Bertz CT molecular complexity index is 1360. The molecular formula is C27H26N2O10. The maximum Gasteiger partial charge on any atom is 0.323 e. The van der Waals surface area contributed by atoms with Crippen LogP contribution in [0, 0.1) is 0 Å². The van der Waals surface area contributed by atoms with Gasteiger partial charge in [0.2, 0.25) is 5.78 Å². The Morgan fingerprint density at radius 1 is 0.897 bits per heavy atom. The highest BCUT2D eigenvalue weighted by Crippen LogP contribution is 2.40. The van der Waals surface area contributed by atoms with Gasteiger partial charge in [0, 0.05) is 11.1 Å². The van der Waals surface area contributed by atoms with Crippen molar-refractivity contribution in [1.29, 1.82) is 0 Å². The van der Waals surface area contributed by atoms with Crippen LogP contribution in [-0.4, -0.2) is 81.2 Å². The molecule has 0 fully saturated rings. The fourth-order valence-electron chi connectivity index (χ4n) is 4.20. The summed E-state index contributed by atoms with van der Waals surface area (Å²) in [7, 11) is 0. The Kier molecular flexibility index (Phi) is 8.71. The second-order valence-electron chi connectivity index (χ2n) is 8.76. The van der Waals surface area contributed by atoms with E-state index in [1.807, 2.05) is 0 Å². The van der Waals surface area contributed by atoms with Crippen molar-refractivity contribution in [1.82, 2.24) is 4.90 Å². The van der Waals surface area contributed by atoms with Crippen LogP contribution in [0.1, 0.15) is 19.4 Å². The van der Waals surface area contributed by atoms with E-state index in [4.69, 9.17) is 14.9 Å². The van der Waals surface area contributed by atoms with Crippen molar-refractivity contribution in [3.63, 3.8) is 0 Å². The number of ether oxygens (including phenoxy) is 1. The average molecular weight is 539 g/mol. The summed E-state index contributed by atoms with van der Waals surface area (Å²) in [5.41, 5.74) is 2.10. The molecule has 1 aliphatic heterocycles. The first-order valence-electron chi connectivity index (χ1n) is 11.6. The van der Waals surface area contributed by atoms with Crippen molar-refractivity contribution in [3.05, 3.63) is 76.2 Å². The monoisotopic (exact) mass is 538 g/mol. The van der Waals surface area contributed by atoms with E-state index in [1.54, 1.807) is 38.1 Å². The summed E-state index contributed by atoms with van der Waals surface area (Å²) in [4.78, 5) is 60.5. The first-order valence-corrected chi connectivity index (χ1v) is 11.6. The molecule has 12 heteroatoms. The molecule has 1 aromatic carbocycles. The summed E-state index contributed by atoms with van der Waals surface area (Å²) < 4.78 is 6.16. The van der Waals surface area contributed by atoms with Gasteiger partial charge in [0.15, 0.2) is 5.75 Å². The van der Waals surface area contributed by atoms with E-state index in [-0.39, 0.29) is 22.7 Å². The molecule has 1 heterocycles. The van der Waals surface area contributed by atoms with Crippen molar-refractivity contribution in [3.8, 4) is 5.75 Å². The summed E-state index contributed by atoms with van der Waals surface area (Å²) >= 11 is 0. The second-order valence-corrected chi connectivity index (χ2v) is 8.76. The third-order valence-corrected chi connectivity index (χ3v) is 5.70. The van der Waals surface area contributed by atoms with Crippen molar-refractivity contribution >= 4 is 41.4 Å². The highest BCUT2D eigenvalue weighted by Gasteiger charge is 2.27. The summed E-state index contributed by atoms with van der Waals surface area (Å²) in [6, 6.07) is 4.94. The van der Waals surface area contributed by atoms with Crippen LogP contribution < -0.4 is 9.64 Å². The highest BCUT2D eigenvalue weighted by molar-refractivity contribution is 6.11. The Balaban J connectivity index is 2.00. The van der Waals surface area contributed by atoms with Gasteiger partial charge >= 0.3 is 23.9 Å². The molecule has 12 nitrogen and oxygen atoms in total. The van der Waals surface area contributed by atoms with Gasteiger partial charge in [-0.25, -0.2) is 0 Å². The molecule has 0 unspecified atom stereocenters. The smallest absolute Gasteiger partial charge is 0.323 e. The minimum atomic E-state index is -1.30. The molecule has 0 atom stereocenters. The van der Waals surface area contributed by atoms with Crippen LogP contribution in [0.15, 0.2) is 70.7 Å². The van der Waals surface area contributed by atoms with Crippen LogP contribution in [0.4, 0.5) is 5.69 Å². The lowest BCUT2D eigenvalue weighted by molar-refractivity contribution is -0.141. The fourth-order valence-corrected chi connectivity index (χ4v) is 4.20. The van der Waals surface area contributed by atoms with Gasteiger partial charge < -0.3 is 35.0 Å². The Labute approximate surface area is 222 Å². The Hall–Kier alpha value is -5.13. The normalized spacial score (nSPS) is 16.5. The number of carbonyl (C=O) groups excluding carboxylic acids is 1. The van der Waals surface area contributed by atoms with Gasteiger partial charge in [-0.05, 0) is 49.3 Å². The van der Waals surface area contributed by atoms with E-state index < -0.39 is 55.8 Å². The number of anilines is 1. The standard InChI is InChI=1S/C27H26N2O10/c1-15(9-17-5-3-7-19(25(17)38)28(11-21(30)31)12-22(32)33)26-16(2)10-18-6-4-8-20(27(18)39-26)29(13-23(34)35)14-24(36)37/h3-10H,11-14H2,1-2H3,(H,30,31)(H,32,33)(H,34,35)(H,36,37)/b17-9+,26-15+. The predicted molar refractivity (Wildman–Crippen MR) is 138 cm³/mol. The number of nitrogens with zero attached hydrogens (tertiary/aromatic N) is 2. The maximum atomic E-state index is 13.2. The van der Waals surface area contributed by atoms with Crippen LogP contribution in [0.25, 0.3) is 6.08 Å². The summed E-state index contributed by atoms with van der Waals surface area (Å²) in [6.07, 6.45) is 7.64. The number of carboxylic acids is 4. The number of rotatable bonds is 11. The van der Waals surface area contributed by atoms with Crippen LogP contribution in [0.5, 0.6) is 5.75 Å². The molecule has 1 aliphatic carbocycles. The molecule has 0 saturated carbocycles. The molecule has 0 radical (unpaired) electrons. The number of carbonyl (C=O) groups is 5. The maximum absolute atomic E-state index is 13.2. The van der Waals surface area contributed by atoms with Gasteiger partial charge in [0.1, 0.15) is 31.9 Å². The van der Waals surface area contributed by atoms with Gasteiger partial charge in [-0.2, -0.15) is 0 Å². The number of Topliss-reactive ketones (excluding diaryl/α,β-unsaturated/α-hetero) is 1. The molecular weight excluding hydrogens is 512 g/mol. The zero-order valence-electron chi connectivity index (χ0n) is 21.1. The van der Waals surface area contributed by atoms with E-state index in [9.17, 15) is 34.2 Å². The number of benzene rings is 1. The lowest BCUT2D eigenvalue weighted by Gasteiger charge is -2.28. The number of aliphatic carboxylic acids is 4. The molecule has 0 aromatic heterocycles. The zero-order valence-corrected chi connectivity index (χ0v) is 21.1. The largest absolute Gasteiger partial charge is 0.480 e. The van der Waals surface area contributed by atoms with E-state index in [1.165, 1.54) is 24.3 Å². The SMILES string of the molecule is CC1=Cc2cccc(N(CC(=O)O)CC(=O)O)c2O/C1=C(C)/C=C1\C=CC=C(N(CC(=O)O)CC(=O)O)C1=O. The molecule has 0 bridgehead atoms. The summed E-state index contributed by atoms with van der Waals surface area (Å²) in [5, 5.41) is 36.9. The number of para-hydroxylation sites is 1. The summed E-state index contributed by atoms with van der Waals surface area (Å²) in [6.45, 7) is 0.927. The van der Waals surface area contributed by atoms with Gasteiger partial charge in [0.05, 0.1) is 11.4 Å². The molecule has 4 N–H and O–H groups in total. The third kappa shape index (κ3) is 7.01. The van der Waals surface area contributed by atoms with Gasteiger partial charge in [-0.3, -0.25) is 24.0 Å². The van der Waals surface area contributed by atoms with Crippen molar-refractivity contribution < 1.29 is 49.1 Å². The molecule has 3 rings (SSSR count). The van der Waals surface area contributed by atoms with Gasteiger partial charge in [-0.15, -0.1) is 0 Å². The summed E-state index contributed by atoms with van der Waals surface area (Å²) in [5.74, 6) is -5.02. The topological polar surface area (TPSA) is 182 Å². The van der Waals surface area contributed by atoms with Gasteiger partial charge in [-0.1, -0.05) is 24.3 Å². The zero-order chi connectivity index (χ0) is 28.9. The van der Waals surface area contributed by atoms with E-state index in [2.05, 4.69) is 0 Å². The number of fused-ring (bicyclic) bond motifs is 1. The van der Waals surface area contributed by atoms with Crippen LogP contribution >= 0.6 is 0 Å². The van der Waals surface area contributed by atoms with Gasteiger partial charge in [0.25, 0.3) is 0 Å². The van der Waals surface area contributed by atoms with Crippen LogP contribution in [0.3, 0.4) is 0 Å². The van der Waals surface area contributed by atoms with E-state index in [0.29, 0.717) is 22.5 Å². The Morgan fingerprint density at radius 2 is 1.46 bits per heavy atom. The lowest BCUT2D eigenvalue weighted by atomic mass is 9.97. The first-order chi connectivity index (χ1) is 18.4. The number of hydrogen-bond donors (Lipinski definition) is 4. The molecule has 1 aromatic rings. The van der Waals surface area contributed by atoms with Crippen LogP contribution in [0.2, 0.25) is 0 Å². The molecule has 2 aliphatic rings. The second kappa shape index (κ2) is 11.9. The average Bonchev–Trinajstić information content (AvgIpc) is 2.82. The number of hydrogen-bond acceptors (Lipinski definition) is 8. The molecule has 0 spiro atoms. The quantitative estimate of drug-likeness (QED) is 0.302. The molecule has 39 heavy (non-hydrogen) atoms. The van der Waals surface area contributed by atoms with E-state index in [0.717, 1.165) is 9.80 Å². The van der Waals surface area contributed by atoms with Crippen LogP contribution in [-0.2, 0) is 24.0 Å². The van der Waals surface area contributed by atoms with Crippen molar-refractivity contribution in [2.75, 3.05) is 31.1 Å². The molecule has 0 saturated heterocycles. The van der Waals surface area contributed by atoms with E-state index >= 15 is 0 Å². The minimum absolute atomic E-state index is 0.0891. The van der Waals surface area contributed by atoms with Crippen molar-refractivity contribution in [2.24, 2.45) is 0 Å². The number of ketones is 1. The number of allylic oxidation sites excluding steroid dienone is 7. The Morgan fingerprint density at radius 3 is 2.03 bits per heavy atom. The minimum Gasteiger partial charge on any atom is -0.480 e. The predicted octanol–water partition coefficient (Wildman–Crippen LogP) is 2.15. The third-order valence-electron chi connectivity index (χ3n) is 5.70. The number of carboxylic acid groups (broad SMARTS) is 4. The molecule has 0 amide bonds. The molecule has 204 valence electrons. The highest BCUT2D eigenvalue weighted by atomic mass is 16.5.